The minimum atomic E-state index is 0.178. The van der Waals surface area contributed by atoms with E-state index in [2.05, 4.69) is 5.01 Å². The molecule has 0 spiro atoms. The van der Waals surface area contributed by atoms with Crippen LogP contribution in [0.3, 0.4) is 0 Å². The lowest BCUT2D eigenvalue weighted by Crippen LogP contribution is -2.06. The molecule has 3 rings (SSSR count). The van der Waals surface area contributed by atoms with E-state index in [1.807, 2.05) is 29.3 Å². The first-order valence-electron chi connectivity index (χ1n) is 5.04. The average Bonchev–Trinajstić information content (AvgIpc) is 2.90. The number of amides is 1. The zero-order valence-corrected chi connectivity index (χ0v) is 8.51. The molecule has 2 aliphatic heterocycles. The summed E-state index contributed by atoms with van der Waals surface area (Å²) in [5.74, 6) is 1.08. The minimum Gasteiger partial charge on any atom is -0.497 e. The standard InChI is InChI=1S/C11H12N2O2/c1-15-9-4-2-8(3-5-9)11-12-7-6-10(14)13(11)12/h2-5,11H,6-7H2,1H3. The second kappa shape index (κ2) is 2.97. The summed E-state index contributed by atoms with van der Waals surface area (Å²) in [6.45, 7) is 0.857. The molecule has 0 bridgehead atoms. The Kier molecular flexibility index (Phi) is 1.73. The molecule has 1 amide bonds. The molecule has 1 aromatic carbocycles. The number of hydrogen-bond donors (Lipinski definition) is 0. The molecule has 4 nitrogen and oxygen atoms in total. The molecule has 0 aromatic heterocycles. The van der Waals surface area contributed by atoms with Gasteiger partial charge in [-0.05, 0) is 17.7 Å². The third-order valence-corrected chi connectivity index (χ3v) is 2.96. The number of nitrogens with zero attached hydrogens (tertiary/aromatic N) is 2. The smallest absolute Gasteiger partial charge is 0.240 e. The number of carbonyl (C=O) groups is 1. The van der Waals surface area contributed by atoms with Crippen LogP contribution in [0.2, 0.25) is 0 Å². The third kappa shape index (κ3) is 1.22. The maximum Gasteiger partial charge on any atom is 0.240 e. The highest BCUT2D eigenvalue weighted by atomic mass is 16.5. The van der Waals surface area contributed by atoms with Crippen molar-refractivity contribution in [1.82, 2.24) is 10.0 Å². The molecule has 2 unspecified atom stereocenters. The predicted octanol–water partition coefficient (Wildman–Crippen LogP) is 1.16. The van der Waals surface area contributed by atoms with Crippen molar-refractivity contribution in [2.24, 2.45) is 0 Å². The van der Waals surface area contributed by atoms with Crippen LogP contribution in [0.4, 0.5) is 0 Å². The van der Waals surface area contributed by atoms with E-state index in [0.717, 1.165) is 17.9 Å². The topological polar surface area (TPSA) is 32.3 Å². The van der Waals surface area contributed by atoms with Gasteiger partial charge >= 0.3 is 0 Å². The molecule has 0 radical (unpaired) electrons. The number of rotatable bonds is 2. The van der Waals surface area contributed by atoms with Gasteiger partial charge in [0.05, 0.1) is 7.11 Å². The van der Waals surface area contributed by atoms with Crippen molar-refractivity contribution in [3.63, 3.8) is 0 Å². The Bertz CT molecular complexity index is 402. The van der Waals surface area contributed by atoms with Crippen LogP contribution in [0.15, 0.2) is 24.3 Å². The maximum atomic E-state index is 11.4. The summed E-state index contributed by atoms with van der Waals surface area (Å²) >= 11 is 0. The fourth-order valence-electron chi connectivity index (χ4n) is 2.13. The Morgan fingerprint density at radius 3 is 2.60 bits per heavy atom. The fraction of sp³-hybridized carbons (Fsp3) is 0.364. The molecule has 0 N–H and O–H groups in total. The highest BCUT2D eigenvalue weighted by Crippen LogP contribution is 2.45. The largest absolute Gasteiger partial charge is 0.497 e. The first kappa shape index (κ1) is 8.73. The second-order valence-corrected chi connectivity index (χ2v) is 3.80. The maximum absolute atomic E-state index is 11.4. The molecule has 1 aromatic rings. The molecule has 2 atom stereocenters. The molecular weight excluding hydrogens is 192 g/mol. The first-order chi connectivity index (χ1) is 7.31. The normalized spacial score (nSPS) is 27.8. The Hall–Kier alpha value is -1.55. The molecule has 2 fully saturated rings. The molecule has 2 heterocycles. The Balaban J connectivity index is 1.81. The van der Waals surface area contributed by atoms with Crippen molar-refractivity contribution in [3.8, 4) is 5.75 Å². The number of ether oxygens (including phenoxy) is 1. The second-order valence-electron chi connectivity index (χ2n) is 3.80. The van der Waals surface area contributed by atoms with Crippen molar-refractivity contribution in [2.75, 3.05) is 13.7 Å². The van der Waals surface area contributed by atoms with E-state index >= 15 is 0 Å². The Morgan fingerprint density at radius 1 is 1.33 bits per heavy atom. The highest BCUT2D eigenvalue weighted by Gasteiger charge is 2.53. The van der Waals surface area contributed by atoms with Crippen LogP contribution in [0.5, 0.6) is 5.75 Å². The summed E-state index contributed by atoms with van der Waals surface area (Å²) in [4.78, 5) is 11.4. The van der Waals surface area contributed by atoms with Gasteiger partial charge in [-0.15, -0.1) is 0 Å². The van der Waals surface area contributed by atoms with E-state index < -0.39 is 0 Å². The summed E-state index contributed by atoms with van der Waals surface area (Å²) in [6, 6.07) is 7.87. The van der Waals surface area contributed by atoms with E-state index in [0.29, 0.717) is 6.42 Å². The SMILES string of the molecule is COc1ccc(C2N3CCC(=O)N23)cc1. The number of carbonyl (C=O) groups excluding carboxylic acids is 1. The fourth-order valence-corrected chi connectivity index (χ4v) is 2.13. The summed E-state index contributed by atoms with van der Waals surface area (Å²) in [5.41, 5.74) is 1.16. The lowest BCUT2D eigenvalue weighted by Gasteiger charge is -2.02. The Labute approximate surface area is 88.0 Å². The van der Waals surface area contributed by atoms with Crippen molar-refractivity contribution in [3.05, 3.63) is 29.8 Å². The lowest BCUT2D eigenvalue weighted by molar-refractivity contribution is -0.125. The molecule has 4 heteroatoms. The van der Waals surface area contributed by atoms with Crippen molar-refractivity contribution in [1.29, 1.82) is 0 Å². The molecule has 2 saturated heterocycles. The van der Waals surface area contributed by atoms with E-state index in [1.165, 1.54) is 0 Å². The average molecular weight is 204 g/mol. The van der Waals surface area contributed by atoms with Crippen LogP contribution in [-0.2, 0) is 4.79 Å². The van der Waals surface area contributed by atoms with Gasteiger partial charge < -0.3 is 4.74 Å². The number of hydrogen-bond acceptors (Lipinski definition) is 3. The van der Waals surface area contributed by atoms with Gasteiger partial charge in [0.2, 0.25) is 5.91 Å². The number of fused-ring (bicyclic) bond motifs is 1. The van der Waals surface area contributed by atoms with Gasteiger partial charge in [-0.3, -0.25) is 4.79 Å². The van der Waals surface area contributed by atoms with Gasteiger partial charge in [0.1, 0.15) is 11.9 Å². The lowest BCUT2D eigenvalue weighted by atomic mass is 10.2. The van der Waals surface area contributed by atoms with E-state index in [1.54, 1.807) is 7.11 Å². The highest BCUT2D eigenvalue weighted by molar-refractivity contribution is 5.80. The van der Waals surface area contributed by atoms with Crippen molar-refractivity contribution in [2.45, 2.75) is 12.6 Å². The minimum absolute atomic E-state index is 0.178. The zero-order valence-electron chi connectivity index (χ0n) is 8.51. The number of benzene rings is 1. The van der Waals surface area contributed by atoms with Crippen LogP contribution >= 0.6 is 0 Å². The number of hydrazine groups is 1. The van der Waals surface area contributed by atoms with Crippen molar-refractivity contribution < 1.29 is 9.53 Å². The first-order valence-corrected chi connectivity index (χ1v) is 5.04. The Morgan fingerprint density at radius 2 is 2.07 bits per heavy atom. The van der Waals surface area contributed by atoms with Gasteiger partial charge in [0.25, 0.3) is 0 Å². The van der Waals surface area contributed by atoms with Crippen molar-refractivity contribution >= 4 is 5.91 Å². The van der Waals surface area contributed by atoms with Gasteiger partial charge in [-0.2, -0.15) is 5.01 Å². The monoisotopic (exact) mass is 204 g/mol. The van der Waals surface area contributed by atoms with E-state index in [9.17, 15) is 4.79 Å². The van der Waals surface area contributed by atoms with Gasteiger partial charge in [0.15, 0.2) is 0 Å². The predicted molar refractivity (Wildman–Crippen MR) is 53.9 cm³/mol. The summed E-state index contributed by atoms with van der Waals surface area (Å²) in [7, 11) is 1.65. The summed E-state index contributed by atoms with van der Waals surface area (Å²) in [5, 5.41) is 3.91. The number of methoxy groups -OCH3 is 1. The van der Waals surface area contributed by atoms with Gasteiger partial charge in [-0.25, -0.2) is 5.01 Å². The molecule has 0 aliphatic carbocycles. The van der Waals surface area contributed by atoms with Crippen LogP contribution in [0, 0.1) is 0 Å². The van der Waals surface area contributed by atoms with Gasteiger partial charge in [-0.1, -0.05) is 12.1 Å². The quantitative estimate of drug-likeness (QED) is 0.677. The molecule has 78 valence electrons. The molecule has 2 aliphatic rings. The summed E-state index contributed by atoms with van der Waals surface area (Å²) in [6.07, 6.45) is 0.837. The summed E-state index contributed by atoms with van der Waals surface area (Å²) < 4.78 is 5.09. The van der Waals surface area contributed by atoms with Gasteiger partial charge in [0, 0.05) is 13.0 Å². The zero-order chi connectivity index (χ0) is 10.4. The molecular formula is C11H12N2O2. The van der Waals surface area contributed by atoms with E-state index in [4.69, 9.17) is 4.74 Å². The van der Waals surface area contributed by atoms with E-state index in [-0.39, 0.29) is 12.1 Å². The van der Waals surface area contributed by atoms with Crippen LogP contribution < -0.4 is 4.74 Å². The third-order valence-electron chi connectivity index (χ3n) is 2.96. The molecule has 15 heavy (non-hydrogen) atoms. The molecule has 0 saturated carbocycles. The van der Waals surface area contributed by atoms with Crippen LogP contribution in [-0.4, -0.2) is 29.6 Å². The van der Waals surface area contributed by atoms with Crippen LogP contribution in [0.1, 0.15) is 18.2 Å². The van der Waals surface area contributed by atoms with Crippen LogP contribution in [0.25, 0.3) is 0 Å².